The number of nitrogens with zero attached hydrogens (tertiary/aromatic N) is 2. The molecule has 0 atom stereocenters. The summed E-state index contributed by atoms with van der Waals surface area (Å²) < 4.78 is 21.2. The van der Waals surface area contributed by atoms with Gasteiger partial charge >= 0.3 is 0 Å². The summed E-state index contributed by atoms with van der Waals surface area (Å²) in [7, 11) is 5.11. The zero-order valence-corrected chi connectivity index (χ0v) is 26.0. The highest BCUT2D eigenvalue weighted by Crippen LogP contribution is 2.38. The van der Waals surface area contributed by atoms with Crippen molar-refractivity contribution < 1.29 is 14.2 Å². The van der Waals surface area contributed by atoms with Crippen LogP contribution in [0, 0.1) is 0 Å². The Labute approximate surface area is 265 Å². The van der Waals surface area contributed by atoms with E-state index < -0.39 is 0 Å². The van der Waals surface area contributed by atoms with Crippen molar-refractivity contribution in [3.8, 4) is 28.6 Å². The van der Waals surface area contributed by atoms with Gasteiger partial charge in [-0.05, 0) is 109 Å². The predicted octanol–water partition coefficient (Wildman–Crippen LogP) is 10.1. The van der Waals surface area contributed by atoms with E-state index in [9.17, 15) is 0 Å². The lowest BCUT2D eigenvalue weighted by molar-refractivity contribution is 0.415. The minimum Gasteiger partial charge on any atom is -0.497 e. The molecular weight excluding hydrogens is 577 g/mol. The molecule has 6 heteroatoms. The maximum Gasteiger partial charge on any atom is 0.119 e. The summed E-state index contributed by atoms with van der Waals surface area (Å²) in [6, 6.07) is 44.9. The summed E-state index contributed by atoms with van der Waals surface area (Å²) >= 11 is 1.76. The lowest BCUT2D eigenvalue weighted by Crippen LogP contribution is -1.94. The highest BCUT2D eigenvalue weighted by molar-refractivity contribution is 7.99. The van der Waals surface area contributed by atoms with Gasteiger partial charge in [0.1, 0.15) is 17.2 Å². The van der Waals surface area contributed by atoms with Gasteiger partial charge in [0.15, 0.2) is 0 Å². The van der Waals surface area contributed by atoms with Crippen LogP contribution in [0.4, 0.5) is 0 Å². The van der Waals surface area contributed by atoms with E-state index in [0.717, 1.165) is 55.9 Å². The molecule has 0 bridgehead atoms. The van der Waals surface area contributed by atoms with Crippen LogP contribution in [-0.4, -0.2) is 30.5 Å². The van der Waals surface area contributed by atoms with Crippen molar-refractivity contribution in [3.05, 3.63) is 127 Å². The molecule has 0 radical (unpaired) electrons. The van der Waals surface area contributed by atoms with E-state index >= 15 is 0 Å². The zero-order chi connectivity index (χ0) is 30.5. The van der Waals surface area contributed by atoms with Crippen molar-refractivity contribution in [2.24, 2.45) is 0 Å². The summed E-state index contributed by atoms with van der Waals surface area (Å²) in [5.41, 5.74) is 6.82. The van der Waals surface area contributed by atoms with E-state index in [1.54, 1.807) is 33.1 Å². The minimum atomic E-state index is 0.834. The molecule has 45 heavy (non-hydrogen) atoms. The lowest BCUT2D eigenvalue weighted by atomic mass is 10.1. The molecule has 0 aliphatic rings. The summed E-state index contributed by atoms with van der Waals surface area (Å²) in [5.74, 6) is 2.53. The van der Waals surface area contributed by atoms with Crippen molar-refractivity contribution in [1.29, 1.82) is 0 Å². The number of fused-ring (bicyclic) bond motifs is 6. The van der Waals surface area contributed by atoms with Crippen molar-refractivity contribution >= 4 is 55.4 Å². The van der Waals surface area contributed by atoms with Gasteiger partial charge in [-0.3, -0.25) is 0 Å². The maximum atomic E-state index is 5.54. The smallest absolute Gasteiger partial charge is 0.119 e. The maximum absolute atomic E-state index is 5.54. The minimum absolute atomic E-state index is 0.834. The fourth-order valence-electron chi connectivity index (χ4n) is 6.33. The number of rotatable bonds is 7. The molecule has 0 aliphatic heterocycles. The molecule has 2 aromatic heterocycles. The average Bonchev–Trinajstić information content (AvgIpc) is 3.60. The Balaban J connectivity index is 1.11. The predicted molar refractivity (Wildman–Crippen MR) is 185 cm³/mol. The van der Waals surface area contributed by atoms with Crippen molar-refractivity contribution in [3.63, 3.8) is 0 Å². The Morgan fingerprint density at radius 1 is 0.400 bits per heavy atom. The number of para-hydroxylation sites is 1. The molecular formula is C39H30N2O3S. The van der Waals surface area contributed by atoms with Gasteiger partial charge in [0.2, 0.25) is 0 Å². The van der Waals surface area contributed by atoms with E-state index in [0.29, 0.717) is 0 Å². The van der Waals surface area contributed by atoms with Gasteiger partial charge in [-0.2, -0.15) is 0 Å². The molecule has 0 N–H and O–H groups in total. The second-order valence-corrected chi connectivity index (χ2v) is 12.1. The van der Waals surface area contributed by atoms with Crippen molar-refractivity contribution in [2.75, 3.05) is 21.3 Å². The molecule has 0 saturated heterocycles. The Kier molecular flexibility index (Phi) is 6.65. The fourth-order valence-corrected chi connectivity index (χ4v) is 7.15. The Hall–Kier alpha value is -5.33. The van der Waals surface area contributed by atoms with Gasteiger partial charge in [0.05, 0.1) is 43.4 Å². The first kappa shape index (κ1) is 27.2. The summed E-state index contributed by atoms with van der Waals surface area (Å²) in [6.45, 7) is 0. The van der Waals surface area contributed by atoms with Crippen molar-refractivity contribution in [1.82, 2.24) is 9.13 Å². The molecule has 5 nitrogen and oxygen atoms in total. The number of methoxy groups -OCH3 is 3. The largest absolute Gasteiger partial charge is 0.497 e. The number of benzene rings is 6. The molecule has 8 aromatic rings. The van der Waals surface area contributed by atoms with Gasteiger partial charge in [0, 0.05) is 42.7 Å². The third kappa shape index (κ3) is 4.57. The summed E-state index contributed by atoms with van der Waals surface area (Å²) in [6.07, 6.45) is 0. The number of hydrogen-bond acceptors (Lipinski definition) is 4. The number of hydrogen-bond donors (Lipinski definition) is 0. The second-order valence-electron chi connectivity index (χ2n) is 10.9. The second kappa shape index (κ2) is 11.0. The van der Waals surface area contributed by atoms with E-state index in [1.165, 1.54) is 26.1 Å². The summed E-state index contributed by atoms with van der Waals surface area (Å²) in [5, 5.41) is 4.66. The van der Waals surface area contributed by atoms with Crippen LogP contribution in [0.2, 0.25) is 0 Å². The summed E-state index contributed by atoms with van der Waals surface area (Å²) in [4.78, 5) is 2.37. The Bertz CT molecular complexity index is 2290. The lowest BCUT2D eigenvalue weighted by Gasteiger charge is -2.11. The molecule has 0 saturated carbocycles. The molecule has 0 unspecified atom stereocenters. The van der Waals surface area contributed by atoms with Crippen LogP contribution in [0.1, 0.15) is 0 Å². The Morgan fingerprint density at radius 3 is 1.20 bits per heavy atom. The normalized spacial score (nSPS) is 11.5. The van der Waals surface area contributed by atoms with Gasteiger partial charge in [-0.15, -0.1) is 0 Å². The molecule has 0 spiro atoms. The topological polar surface area (TPSA) is 37.5 Å². The van der Waals surface area contributed by atoms with Crippen LogP contribution >= 0.6 is 11.8 Å². The van der Waals surface area contributed by atoms with E-state index in [4.69, 9.17) is 14.2 Å². The van der Waals surface area contributed by atoms with Crippen molar-refractivity contribution in [2.45, 2.75) is 9.79 Å². The average molecular weight is 607 g/mol. The molecule has 6 aromatic carbocycles. The van der Waals surface area contributed by atoms with Crippen LogP contribution in [-0.2, 0) is 0 Å². The molecule has 8 rings (SSSR count). The first-order valence-corrected chi connectivity index (χ1v) is 15.6. The van der Waals surface area contributed by atoms with Crippen LogP contribution in [0.15, 0.2) is 137 Å². The van der Waals surface area contributed by atoms with E-state index in [2.05, 4.69) is 118 Å². The van der Waals surface area contributed by atoms with Crippen LogP contribution < -0.4 is 14.2 Å². The molecule has 0 amide bonds. The number of aromatic nitrogens is 2. The Morgan fingerprint density at radius 2 is 0.778 bits per heavy atom. The number of ether oxygens (including phenoxy) is 3. The first-order valence-electron chi connectivity index (χ1n) is 14.8. The standard InChI is InChI=1S/C39H30N2O3S/c1-42-27-12-19-37-33(22-27)32-6-4-5-7-36(32)40(37)25-8-15-30(16-9-25)45-31-17-10-26(11-18-31)41-38-20-13-28(43-2)23-34(38)35-24-29(44-3)14-21-39(35)41/h4-24H,1-3H3. The third-order valence-electron chi connectivity index (χ3n) is 8.48. The highest BCUT2D eigenvalue weighted by atomic mass is 32.2. The fraction of sp³-hybridized carbons (Fsp3) is 0.0769. The van der Waals surface area contributed by atoms with E-state index in [-0.39, 0.29) is 0 Å². The van der Waals surface area contributed by atoms with Gasteiger partial charge in [-0.1, -0.05) is 30.0 Å². The van der Waals surface area contributed by atoms with E-state index in [1.807, 2.05) is 18.2 Å². The molecule has 2 heterocycles. The third-order valence-corrected chi connectivity index (χ3v) is 9.50. The van der Waals surface area contributed by atoms with Gasteiger partial charge < -0.3 is 23.3 Å². The van der Waals surface area contributed by atoms with Crippen LogP contribution in [0.3, 0.4) is 0 Å². The van der Waals surface area contributed by atoms with Gasteiger partial charge in [0.25, 0.3) is 0 Å². The molecule has 0 aliphatic carbocycles. The van der Waals surface area contributed by atoms with Crippen LogP contribution in [0.5, 0.6) is 17.2 Å². The zero-order valence-electron chi connectivity index (χ0n) is 25.2. The van der Waals surface area contributed by atoms with Crippen LogP contribution in [0.25, 0.3) is 55.0 Å². The molecule has 220 valence electrons. The highest BCUT2D eigenvalue weighted by Gasteiger charge is 2.15. The van der Waals surface area contributed by atoms with Gasteiger partial charge in [-0.25, -0.2) is 0 Å². The monoisotopic (exact) mass is 606 g/mol. The first-order chi connectivity index (χ1) is 22.1. The SMILES string of the molecule is COc1ccc2c(c1)c1ccccc1n2-c1ccc(Sc2ccc(-n3c4ccc(OC)cc4c4cc(OC)ccc43)cc2)cc1. The quantitative estimate of drug-likeness (QED) is 0.181. The molecule has 0 fully saturated rings.